The van der Waals surface area contributed by atoms with Crippen molar-refractivity contribution in [3.8, 4) is 5.75 Å². The molecule has 4 rings (SSSR count). The number of nitrogens with zero attached hydrogens (tertiary/aromatic N) is 3. The zero-order chi connectivity index (χ0) is 19.0. The number of aromatic nitrogens is 4. The minimum absolute atomic E-state index is 0.00722. The van der Waals surface area contributed by atoms with Crippen molar-refractivity contribution in [2.45, 2.75) is 44.5 Å². The molecule has 142 valence electrons. The van der Waals surface area contributed by atoms with Crippen LogP contribution in [0.4, 0.5) is 13.2 Å². The molecule has 1 aliphatic rings. The van der Waals surface area contributed by atoms with E-state index in [1.54, 1.807) is 10.7 Å². The summed E-state index contributed by atoms with van der Waals surface area (Å²) in [5.41, 5.74) is 0.396. The van der Waals surface area contributed by atoms with E-state index in [4.69, 9.17) is 0 Å². The summed E-state index contributed by atoms with van der Waals surface area (Å²) in [6.45, 7) is 0. The van der Waals surface area contributed by atoms with Gasteiger partial charge in [0.1, 0.15) is 17.0 Å². The van der Waals surface area contributed by atoms with Gasteiger partial charge in [0.05, 0.1) is 12.2 Å². The highest BCUT2D eigenvalue weighted by molar-refractivity contribution is 5.73. The summed E-state index contributed by atoms with van der Waals surface area (Å²) in [5.74, 6) is -0.0393. The molecule has 2 heterocycles. The maximum atomic E-state index is 12.6. The van der Waals surface area contributed by atoms with Gasteiger partial charge in [-0.1, -0.05) is 31.0 Å². The van der Waals surface area contributed by atoms with Crippen LogP contribution in [0.15, 0.2) is 35.3 Å². The molecule has 0 atom stereocenters. The largest absolute Gasteiger partial charge is 0.573 e. The lowest BCUT2D eigenvalue weighted by Crippen LogP contribution is -2.19. The molecule has 0 unspecified atom stereocenters. The number of aromatic amines is 1. The maximum absolute atomic E-state index is 12.6. The SMILES string of the molecule is O=c1[nH]c(Cc2ccccc2OC(F)(F)F)nc2c1cnn2C1CCCC1. The highest BCUT2D eigenvalue weighted by Crippen LogP contribution is 2.31. The first kappa shape index (κ1) is 17.6. The van der Waals surface area contributed by atoms with Gasteiger partial charge in [0.25, 0.3) is 5.56 Å². The molecule has 1 aromatic carbocycles. The summed E-state index contributed by atoms with van der Waals surface area (Å²) < 4.78 is 43.7. The molecule has 1 fully saturated rings. The van der Waals surface area contributed by atoms with Crippen LogP contribution in [0.25, 0.3) is 11.0 Å². The zero-order valence-electron chi connectivity index (χ0n) is 14.3. The van der Waals surface area contributed by atoms with Crippen molar-refractivity contribution >= 4 is 11.0 Å². The van der Waals surface area contributed by atoms with Crippen LogP contribution in [0, 0.1) is 0 Å². The van der Waals surface area contributed by atoms with Crippen molar-refractivity contribution in [1.29, 1.82) is 0 Å². The number of H-pyrrole nitrogens is 1. The molecule has 2 aromatic heterocycles. The van der Waals surface area contributed by atoms with Gasteiger partial charge < -0.3 is 9.72 Å². The van der Waals surface area contributed by atoms with Gasteiger partial charge in [-0.05, 0) is 18.9 Å². The van der Waals surface area contributed by atoms with Crippen molar-refractivity contribution in [2.24, 2.45) is 0 Å². The van der Waals surface area contributed by atoms with Crippen molar-refractivity contribution in [3.05, 3.63) is 52.2 Å². The second-order valence-corrected chi connectivity index (χ2v) is 6.61. The first-order chi connectivity index (χ1) is 12.9. The fourth-order valence-corrected chi connectivity index (χ4v) is 3.54. The van der Waals surface area contributed by atoms with Gasteiger partial charge >= 0.3 is 6.36 Å². The maximum Gasteiger partial charge on any atom is 0.573 e. The molecule has 1 N–H and O–H groups in total. The van der Waals surface area contributed by atoms with E-state index >= 15 is 0 Å². The number of nitrogens with one attached hydrogen (secondary N) is 1. The number of hydrogen-bond acceptors (Lipinski definition) is 4. The predicted octanol–water partition coefficient (Wildman–Crippen LogP) is 3.72. The second kappa shape index (κ2) is 6.71. The third kappa shape index (κ3) is 3.67. The van der Waals surface area contributed by atoms with E-state index in [1.807, 2.05) is 0 Å². The molecule has 6 nitrogen and oxygen atoms in total. The van der Waals surface area contributed by atoms with Crippen LogP contribution >= 0.6 is 0 Å². The van der Waals surface area contributed by atoms with Gasteiger partial charge in [-0.25, -0.2) is 9.67 Å². The molecular formula is C18H17F3N4O2. The third-order valence-corrected chi connectivity index (χ3v) is 4.74. The average molecular weight is 378 g/mol. The summed E-state index contributed by atoms with van der Waals surface area (Å²) in [7, 11) is 0. The van der Waals surface area contributed by atoms with Gasteiger partial charge in [0, 0.05) is 12.0 Å². The van der Waals surface area contributed by atoms with Crippen molar-refractivity contribution in [3.63, 3.8) is 0 Å². The van der Waals surface area contributed by atoms with Crippen LogP contribution < -0.4 is 10.3 Å². The zero-order valence-corrected chi connectivity index (χ0v) is 14.3. The van der Waals surface area contributed by atoms with E-state index in [0.29, 0.717) is 11.0 Å². The van der Waals surface area contributed by atoms with Gasteiger partial charge in [-0.2, -0.15) is 5.10 Å². The summed E-state index contributed by atoms with van der Waals surface area (Å²) >= 11 is 0. The lowest BCUT2D eigenvalue weighted by Gasteiger charge is -2.13. The molecule has 0 radical (unpaired) electrons. The number of alkyl halides is 3. The molecule has 1 saturated carbocycles. The van der Waals surface area contributed by atoms with Crippen LogP contribution in [-0.4, -0.2) is 26.1 Å². The van der Waals surface area contributed by atoms with Gasteiger partial charge in [0.2, 0.25) is 0 Å². The molecule has 0 saturated heterocycles. The smallest absolute Gasteiger partial charge is 0.405 e. The Balaban J connectivity index is 1.71. The number of halogens is 3. The van der Waals surface area contributed by atoms with E-state index in [9.17, 15) is 18.0 Å². The van der Waals surface area contributed by atoms with E-state index < -0.39 is 6.36 Å². The van der Waals surface area contributed by atoms with Crippen molar-refractivity contribution in [1.82, 2.24) is 19.7 Å². The molecule has 0 amide bonds. The first-order valence-corrected chi connectivity index (χ1v) is 8.71. The number of ether oxygens (including phenoxy) is 1. The first-order valence-electron chi connectivity index (χ1n) is 8.71. The molecule has 0 bridgehead atoms. The third-order valence-electron chi connectivity index (χ3n) is 4.74. The van der Waals surface area contributed by atoms with E-state index in [0.717, 1.165) is 25.7 Å². The highest BCUT2D eigenvalue weighted by Gasteiger charge is 2.32. The monoisotopic (exact) mass is 378 g/mol. The Bertz CT molecular complexity index is 1020. The van der Waals surface area contributed by atoms with Crippen molar-refractivity contribution in [2.75, 3.05) is 0 Å². The highest BCUT2D eigenvalue weighted by atomic mass is 19.4. The Labute approximate surface area is 152 Å². The average Bonchev–Trinajstić information content (AvgIpc) is 3.24. The fourth-order valence-electron chi connectivity index (χ4n) is 3.54. The van der Waals surface area contributed by atoms with Crippen molar-refractivity contribution < 1.29 is 17.9 Å². The fraction of sp³-hybridized carbons (Fsp3) is 0.389. The molecule has 9 heteroatoms. The van der Waals surface area contributed by atoms with Crippen LogP contribution in [0.5, 0.6) is 5.75 Å². The quantitative estimate of drug-likeness (QED) is 0.751. The van der Waals surface area contributed by atoms with Crippen LogP contribution in [-0.2, 0) is 6.42 Å². The van der Waals surface area contributed by atoms with E-state index in [1.165, 1.54) is 24.4 Å². The van der Waals surface area contributed by atoms with Gasteiger partial charge in [-0.3, -0.25) is 4.79 Å². The van der Waals surface area contributed by atoms with E-state index in [2.05, 4.69) is 19.8 Å². The Morgan fingerprint density at radius 1 is 1.22 bits per heavy atom. The standard InChI is InChI=1S/C18H17F3N4O2/c19-18(20,21)27-14-8-4-1-5-11(14)9-15-23-16-13(17(26)24-15)10-22-25(16)12-6-2-3-7-12/h1,4-5,8,10,12H,2-3,6-7,9H2,(H,23,24,26). The summed E-state index contributed by atoms with van der Waals surface area (Å²) in [6.07, 6.45) is 0.861. The normalized spacial score (nSPS) is 15.5. The van der Waals surface area contributed by atoms with E-state index in [-0.39, 0.29) is 35.2 Å². The number of fused-ring (bicyclic) bond motifs is 1. The number of para-hydroxylation sites is 1. The van der Waals surface area contributed by atoms with Gasteiger partial charge in [0.15, 0.2) is 5.65 Å². The summed E-state index contributed by atoms with van der Waals surface area (Å²) in [6, 6.07) is 6.02. The molecular weight excluding hydrogens is 361 g/mol. The summed E-state index contributed by atoms with van der Waals surface area (Å²) in [4.78, 5) is 19.5. The minimum atomic E-state index is -4.79. The Morgan fingerprint density at radius 3 is 2.70 bits per heavy atom. The number of hydrogen-bond donors (Lipinski definition) is 1. The lowest BCUT2D eigenvalue weighted by atomic mass is 10.1. The van der Waals surface area contributed by atoms with Crippen LogP contribution in [0.1, 0.15) is 43.1 Å². The Kier molecular flexibility index (Phi) is 4.37. The second-order valence-electron chi connectivity index (χ2n) is 6.61. The Hall–Kier alpha value is -2.84. The Morgan fingerprint density at radius 2 is 1.96 bits per heavy atom. The molecule has 1 aliphatic carbocycles. The number of rotatable bonds is 4. The molecule has 3 aromatic rings. The van der Waals surface area contributed by atoms with Crippen LogP contribution in [0.3, 0.4) is 0 Å². The number of benzene rings is 1. The molecule has 27 heavy (non-hydrogen) atoms. The minimum Gasteiger partial charge on any atom is -0.405 e. The molecule has 0 spiro atoms. The summed E-state index contributed by atoms with van der Waals surface area (Å²) in [5, 5.41) is 4.69. The lowest BCUT2D eigenvalue weighted by molar-refractivity contribution is -0.274. The predicted molar refractivity (Wildman–Crippen MR) is 91.6 cm³/mol. The topological polar surface area (TPSA) is 72.8 Å². The van der Waals surface area contributed by atoms with Gasteiger partial charge in [-0.15, -0.1) is 13.2 Å². The molecule has 0 aliphatic heterocycles. The van der Waals surface area contributed by atoms with Crippen LogP contribution in [0.2, 0.25) is 0 Å².